The van der Waals surface area contributed by atoms with Crippen molar-refractivity contribution in [3.63, 3.8) is 0 Å². The van der Waals surface area contributed by atoms with Gasteiger partial charge in [-0.15, -0.1) is 15.3 Å². The van der Waals surface area contributed by atoms with Crippen LogP contribution in [0.1, 0.15) is 18.5 Å². The molecule has 0 aromatic carbocycles. The smallest absolute Gasteiger partial charge is 0.276 e. The van der Waals surface area contributed by atoms with Crippen LogP contribution in [0.5, 0.6) is 0 Å². The summed E-state index contributed by atoms with van der Waals surface area (Å²) in [4.78, 5) is 0. The van der Waals surface area contributed by atoms with E-state index in [0.29, 0.717) is 16.9 Å². The molecule has 0 saturated heterocycles. The van der Waals surface area contributed by atoms with Gasteiger partial charge in [-0.3, -0.25) is 0 Å². The fourth-order valence-corrected chi connectivity index (χ4v) is 2.54. The van der Waals surface area contributed by atoms with Gasteiger partial charge in [-0.1, -0.05) is 16.3 Å². The van der Waals surface area contributed by atoms with Crippen LogP contribution in [0.2, 0.25) is 0 Å². The summed E-state index contributed by atoms with van der Waals surface area (Å²) in [5, 5.41) is 16.5. The number of rotatable bonds is 5. The Morgan fingerprint density at radius 3 is 2.94 bits per heavy atom. The van der Waals surface area contributed by atoms with Gasteiger partial charge < -0.3 is 9.73 Å². The third-order valence-corrected chi connectivity index (χ3v) is 3.29. The molecule has 0 bridgehead atoms. The van der Waals surface area contributed by atoms with E-state index in [4.69, 9.17) is 4.42 Å². The molecule has 8 heteroatoms. The van der Waals surface area contributed by atoms with Crippen LogP contribution in [0.15, 0.2) is 9.64 Å². The Hall–Kier alpha value is -1.15. The van der Waals surface area contributed by atoms with Crippen LogP contribution < -0.4 is 5.32 Å². The monoisotopic (exact) mass is 257 g/mol. The highest BCUT2D eigenvalue weighted by molar-refractivity contribution is 7.98. The van der Waals surface area contributed by atoms with E-state index in [0.717, 1.165) is 17.2 Å². The molecule has 0 aliphatic rings. The first kappa shape index (κ1) is 11.3. The molecule has 2 heterocycles. The summed E-state index contributed by atoms with van der Waals surface area (Å²) >= 11 is 2.83. The van der Waals surface area contributed by atoms with Crippen LogP contribution in [-0.4, -0.2) is 26.3 Å². The number of anilines is 1. The Bertz CT molecular complexity index is 455. The highest BCUT2D eigenvalue weighted by Crippen LogP contribution is 2.26. The standard InChI is InChI=1S/C8H11N5OS2/c1-3-9-7-6(11-13-16-7)4-15-8-12-10-5(2)14-8/h9H,3-4H2,1-2H3. The van der Waals surface area contributed by atoms with Crippen molar-refractivity contribution in [3.05, 3.63) is 11.6 Å². The lowest BCUT2D eigenvalue weighted by molar-refractivity contribution is 0.429. The molecule has 0 amide bonds. The van der Waals surface area contributed by atoms with Crippen molar-refractivity contribution < 1.29 is 4.42 Å². The lowest BCUT2D eigenvalue weighted by atomic mass is 10.5. The third-order valence-electron chi connectivity index (χ3n) is 1.73. The summed E-state index contributed by atoms with van der Waals surface area (Å²) < 4.78 is 9.16. The number of nitrogens with zero attached hydrogens (tertiary/aromatic N) is 4. The molecule has 0 saturated carbocycles. The van der Waals surface area contributed by atoms with Crippen LogP contribution in [-0.2, 0) is 5.75 Å². The Labute approximate surface area is 101 Å². The summed E-state index contributed by atoms with van der Waals surface area (Å²) in [6.07, 6.45) is 0. The fourth-order valence-electron chi connectivity index (χ4n) is 1.06. The zero-order chi connectivity index (χ0) is 11.4. The number of hydrogen-bond donors (Lipinski definition) is 1. The molecule has 6 nitrogen and oxygen atoms in total. The Balaban J connectivity index is 1.96. The first-order valence-corrected chi connectivity index (χ1v) is 6.53. The van der Waals surface area contributed by atoms with Gasteiger partial charge >= 0.3 is 0 Å². The van der Waals surface area contributed by atoms with Gasteiger partial charge in [0.15, 0.2) is 0 Å². The largest absolute Gasteiger partial charge is 0.416 e. The maximum absolute atomic E-state index is 5.26. The molecule has 0 aliphatic carbocycles. The molecule has 2 aromatic rings. The van der Waals surface area contributed by atoms with E-state index in [1.165, 1.54) is 23.3 Å². The number of aryl methyl sites for hydroxylation is 1. The molecule has 0 unspecified atom stereocenters. The van der Waals surface area contributed by atoms with Crippen LogP contribution in [0, 0.1) is 6.92 Å². The van der Waals surface area contributed by atoms with Crippen LogP contribution in [0.4, 0.5) is 5.00 Å². The van der Waals surface area contributed by atoms with E-state index >= 15 is 0 Å². The summed E-state index contributed by atoms with van der Waals surface area (Å²) in [5.74, 6) is 1.26. The molecule has 16 heavy (non-hydrogen) atoms. The van der Waals surface area contributed by atoms with Crippen molar-refractivity contribution in [1.82, 2.24) is 19.8 Å². The lowest BCUT2D eigenvalue weighted by Crippen LogP contribution is -1.97. The average molecular weight is 257 g/mol. The molecule has 0 fully saturated rings. The van der Waals surface area contributed by atoms with Gasteiger partial charge in [-0.25, -0.2) is 0 Å². The van der Waals surface area contributed by atoms with Gasteiger partial charge in [0.25, 0.3) is 5.22 Å². The SMILES string of the molecule is CCNc1snnc1CSc1nnc(C)o1. The zero-order valence-electron chi connectivity index (χ0n) is 8.93. The number of thioether (sulfide) groups is 1. The quantitative estimate of drug-likeness (QED) is 0.820. The van der Waals surface area contributed by atoms with Crippen LogP contribution in [0.3, 0.4) is 0 Å². The third kappa shape index (κ3) is 2.70. The van der Waals surface area contributed by atoms with Crippen molar-refractivity contribution in [1.29, 1.82) is 0 Å². The predicted molar refractivity (Wildman–Crippen MR) is 62.7 cm³/mol. The molecule has 86 valence electrons. The summed E-state index contributed by atoms with van der Waals surface area (Å²) in [7, 11) is 0. The lowest BCUT2D eigenvalue weighted by Gasteiger charge is -1.99. The summed E-state index contributed by atoms with van der Waals surface area (Å²) in [6, 6.07) is 0. The van der Waals surface area contributed by atoms with Crippen LogP contribution >= 0.6 is 23.3 Å². The van der Waals surface area contributed by atoms with Crippen molar-refractivity contribution in [2.24, 2.45) is 0 Å². The van der Waals surface area contributed by atoms with E-state index < -0.39 is 0 Å². The predicted octanol–water partition coefficient (Wildman–Crippen LogP) is 1.95. The van der Waals surface area contributed by atoms with Crippen LogP contribution in [0.25, 0.3) is 0 Å². The first-order chi connectivity index (χ1) is 7.79. The Kier molecular flexibility index (Phi) is 3.73. The van der Waals surface area contributed by atoms with Gasteiger partial charge in [0.05, 0.1) is 5.75 Å². The molecule has 0 spiro atoms. The molecule has 0 atom stereocenters. The topological polar surface area (TPSA) is 76.7 Å². The average Bonchev–Trinajstić information content (AvgIpc) is 2.85. The van der Waals surface area contributed by atoms with Gasteiger partial charge in [0, 0.05) is 25.0 Å². The van der Waals surface area contributed by atoms with E-state index in [1.54, 1.807) is 6.92 Å². The first-order valence-electron chi connectivity index (χ1n) is 4.77. The van der Waals surface area contributed by atoms with E-state index in [9.17, 15) is 0 Å². The van der Waals surface area contributed by atoms with Crippen molar-refractivity contribution >= 4 is 28.3 Å². The van der Waals surface area contributed by atoms with E-state index in [1.807, 2.05) is 6.92 Å². The summed E-state index contributed by atoms with van der Waals surface area (Å²) in [6.45, 7) is 4.67. The zero-order valence-corrected chi connectivity index (χ0v) is 10.6. The molecule has 0 aliphatic heterocycles. The number of aromatic nitrogens is 4. The number of hydrogen-bond acceptors (Lipinski definition) is 8. The second-order valence-corrected chi connectivity index (χ2v) is 4.64. The molecule has 0 radical (unpaired) electrons. The molecule has 2 rings (SSSR count). The molecule has 1 N–H and O–H groups in total. The van der Waals surface area contributed by atoms with Gasteiger partial charge in [-0.05, 0) is 6.92 Å². The van der Waals surface area contributed by atoms with E-state index in [-0.39, 0.29) is 0 Å². The highest BCUT2D eigenvalue weighted by Gasteiger charge is 2.10. The minimum atomic E-state index is 0.563. The minimum Gasteiger partial charge on any atom is -0.416 e. The number of nitrogens with one attached hydrogen (secondary N) is 1. The van der Waals surface area contributed by atoms with Gasteiger partial charge in [0.2, 0.25) is 5.89 Å². The normalized spacial score (nSPS) is 10.6. The second-order valence-electron chi connectivity index (χ2n) is 2.95. The Morgan fingerprint density at radius 1 is 1.38 bits per heavy atom. The molecular weight excluding hydrogens is 246 g/mol. The Morgan fingerprint density at radius 2 is 2.25 bits per heavy atom. The van der Waals surface area contributed by atoms with E-state index in [2.05, 4.69) is 25.1 Å². The molecular formula is C8H11N5OS2. The van der Waals surface area contributed by atoms with Gasteiger partial charge in [-0.2, -0.15) is 0 Å². The summed E-state index contributed by atoms with van der Waals surface area (Å²) in [5.41, 5.74) is 0.924. The minimum absolute atomic E-state index is 0.563. The fraction of sp³-hybridized carbons (Fsp3) is 0.500. The highest BCUT2D eigenvalue weighted by atomic mass is 32.2. The second kappa shape index (κ2) is 5.26. The van der Waals surface area contributed by atoms with Gasteiger partial charge in [0.1, 0.15) is 10.7 Å². The maximum Gasteiger partial charge on any atom is 0.276 e. The molecule has 2 aromatic heterocycles. The van der Waals surface area contributed by atoms with Crippen molar-refractivity contribution in [2.75, 3.05) is 11.9 Å². The van der Waals surface area contributed by atoms with Crippen molar-refractivity contribution in [3.8, 4) is 0 Å². The van der Waals surface area contributed by atoms with Crippen molar-refractivity contribution in [2.45, 2.75) is 24.8 Å². The maximum atomic E-state index is 5.26.